The van der Waals surface area contributed by atoms with Gasteiger partial charge in [-0.15, -0.1) is 0 Å². The number of aliphatic imine (C=N–C) groups is 1. The van der Waals surface area contributed by atoms with E-state index in [9.17, 15) is 9.59 Å². The Kier molecular flexibility index (Phi) is 11.7. The molecule has 0 aliphatic rings. The number of pyridine rings is 1. The number of amides is 1. The van der Waals surface area contributed by atoms with Crippen LogP contribution in [0.15, 0.2) is 53.8 Å². The zero-order chi connectivity index (χ0) is 22.2. The van der Waals surface area contributed by atoms with Crippen LogP contribution in [-0.4, -0.2) is 18.8 Å². The van der Waals surface area contributed by atoms with Crippen molar-refractivity contribution in [1.82, 2.24) is 0 Å². The van der Waals surface area contributed by atoms with Crippen molar-refractivity contribution in [1.29, 1.82) is 0 Å². The summed E-state index contributed by atoms with van der Waals surface area (Å²) in [6, 6.07) is 11.0. The van der Waals surface area contributed by atoms with Gasteiger partial charge in [0.2, 0.25) is 6.08 Å². The van der Waals surface area contributed by atoms with E-state index in [1.165, 1.54) is 43.7 Å². The van der Waals surface area contributed by atoms with Gasteiger partial charge in [-0.1, -0.05) is 26.2 Å². The molecule has 0 bridgehead atoms. The number of benzene rings is 1. The molecule has 0 aliphatic carbocycles. The molecule has 0 fully saturated rings. The first kappa shape index (κ1) is 24.3. The highest BCUT2D eigenvalue weighted by atomic mass is 16.5. The molecular weight excluding hydrogens is 390 g/mol. The quantitative estimate of drug-likeness (QED) is 0.178. The van der Waals surface area contributed by atoms with Crippen LogP contribution < -0.4 is 9.88 Å². The predicted octanol–water partition coefficient (Wildman–Crippen LogP) is 5.87. The monoisotopic (exact) mass is 424 g/mol. The van der Waals surface area contributed by atoms with Crippen LogP contribution in [-0.2, 0) is 22.5 Å². The molecular formula is C25H34N3O3+. The third kappa shape index (κ3) is 10.6. The van der Waals surface area contributed by atoms with Crippen molar-refractivity contribution in [3.63, 3.8) is 0 Å². The van der Waals surface area contributed by atoms with Gasteiger partial charge in [-0.25, -0.2) is 14.2 Å². The SMILES string of the molecule is CCCCCCc1cc[n+](CCCCCCOC(=O)Nc2ccc(N=C=O)cc2)cc1. The van der Waals surface area contributed by atoms with E-state index < -0.39 is 6.09 Å². The highest BCUT2D eigenvalue weighted by molar-refractivity contribution is 5.84. The Morgan fingerprint density at radius 3 is 2.39 bits per heavy atom. The lowest BCUT2D eigenvalue weighted by Gasteiger charge is -2.07. The van der Waals surface area contributed by atoms with Crippen molar-refractivity contribution in [2.24, 2.45) is 4.99 Å². The zero-order valence-corrected chi connectivity index (χ0v) is 18.5. The van der Waals surface area contributed by atoms with E-state index in [4.69, 9.17) is 4.74 Å². The number of hydrogen-bond acceptors (Lipinski definition) is 4. The Morgan fingerprint density at radius 2 is 1.68 bits per heavy atom. The number of hydrogen-bond donors (Lipinski definition) is 1. The molecule has 0 saturated carbocycles. The van der Waals surface area contributed by atoms with Gasteiger partial charge < -0.3 is 4.74 Å². The minimum atomic E-state index is -0.475. The number of isocyanates is 1. The molecule has 0 unspecified atom stereocenters. The van der Waals surface area contributed by atoms with Crippen molar-refractivity contribution in [3.05, 3.63) is 54.4 Å². The lowest BCUT2D eigenvalue weighted by atomic mass is 10.1. The van der Waals surface area contributed by atoms with Gasteiger partial charge in [0.15, 0.2) is 12.4 Å². The second-order valence-corrected chi connectivity index (χ2v) is 7.68. The van der Waals surface area contributed by atoms with E-state index in [-0.39, 0.29) is 0 Å². The fraction of sp³-hybridized carbons (Fsp3) is 0.480. The van der Waals surface area contributed by atoms with Gasteiger partial charge in [0, 0.05) is 24.2 Å². The molecule has 1 heterocycles. The van der Waals surface area contributed by atoms with E-state index >= 15 is 0 Å². The molecule has 1 aromatic carbocycles. The van der Waals surface area contributed by atoms with E-state index in [2.05, 4.69) is 46.3 Å². The van der Waals surface area contributed by atoms with Gasteiger partial charge in [-0.3, -0.25) is 5.32 Å². The summed E-state index contributed by atoms with van der Waals surface area (Å²) < 4.78 is 7.45. The topological polar surface area (TPSA) is 71.6 Å². The summed E-state index contributed by atoms with van der Waals surface area (Å²) in [7, 11) is 0. The number of anilines is 1. The van der Waals surface area contributed by atoms with Crippen molar-refractivity contribution in [2.45, 2.75) is 71.3 Å². The number of aromatic nitrogens is 1. The summed E-state index contributed by atoms with van der Waals surface area (Å²) in [6.07, 6.45) is 15.8. The Labute approximate surface area is 185 Å². The minimum Gasteiger partial charge on any atom is -0.449 e. The normalized spacial score (nSPS) is 10.4. The van der Waals surface area contributed by atoms with Crippen LogP contribution in [0.2, 0.25) is 0 Å². The lowest BCUT2D eigenvalue weighted by Crippen LogP contribution is -2.32. The van der Waals surface area contributed by atoms with E-state index in [0.717, 1.165) is 32.2 Å². The third-order valence-electron chi connectivity index (χ3n) is 5.11. The van der Waals surface area contributed by atoms with Gasteiger partial charge in [0.1, 0.15) is 6.54 Å². The summed E-state index contributed by atoms with van der Waals surface area (Å²) in [6.45, 7) is 3.66. The summed E-state index contributed by atoms with van der Waals surface area (Å²) >= 11 is 0. The van der Waals surface area contributed by atoms with Crippen LogP contribution in [0.5, 0.6) is 0 Å². The van der Waals surface area contributed by atoms with Crippen LogP contribution in [0.3, 0.4) is 0 Å². The van der Waals surface area contributed by atoms with Gasteiger partial charge in [-0.2, -0.15) is 4.99 Å². The number of carbonyl (C=O) groups is 1. The van der Waals surface area contributed by atoms with E-state index in [1.54, 1.807) is 24.3 Å². The molecule has 1 aromatic heterocycles. The summed E-state index contributed by atoms with van der Waals surface area (Å²) in [4.78, 5) is 25.5. The number of nitrogens with zero attached hydrogens (tertiary/aromatic N) is 2. The maximum atomic E-state index is 11.8. The molecule has 0 saturated heterocycles. The predicted molar refractivity (Wildman–Crippen MR) is 122 cm³/mol. The van der Waals surface area contributed by atoms with Crippen LogP contribution in [0.25, 0.3) is 0 Å². The van der Waals surface area contributed by atoms with Crippen LogP contribution in [0.1, 0.15) is 63.9 Å². The van der Waals surface area contributed by atoms with E-state index in [1.807, 2.05) is 0 Å². The average molecular weight is 425 g/mol. The Bertz CT molecular complexity index is 813. The second-order valence-electron chi connectivity index (χ2n) is 7.68. The highest BCUT2D eigenvalue weighted by Crippen LogP contribution is 2.15. The molecule has 1 amide bonds. The van der Waals surface area contributed by atoms with Crippen molar-refractivity contribution < 1.29 is 18.9 Å². The fourth-order valence-corrected chi connectivity index (χ4v) is 3.30. The molecule has 0 spiro atoms. The molecule has 0 atom stereocenters. The molecule has 166 valence electrons. The van der Waals surface area contributed by atoms with Crippen molar-refractivity contribution in [3.8, 4) is 0 Å². The smallest absolute Gasteiger partial charge is 0.411 e. The van der Waals surface area contributed by atoms with Gasteiger partial charge >= 0.3 is 6.09 Å². The van der Waals surface area contributed by atoms with Gasteiger partial charge in [0.05, 0.1) is 12.3 Å². The summed E-state index contributed by atoms with van der Waals surface area (Å²) in [5, 5.41) is 2.65. The summed E-state index contributed by atoms with van der Waals surface area (Å²) in [5.41, 5.74) is 2.51. The number of ether oxygens (including phenoxy) is 1. The number of nitrogens with one attached hydrogen (secondary N) is 1. The molecule has 0 aliphatic heterocycles. The minimum absolute atomic E-state index is 0.402. The number of aryl methyl sites for hydroxylation is 2. The van der Waals surface area contributed by atoms with E-state index in [0.29, 0.717) is 18.0 Å². The fourth-order valence-electron chi connectivity index (χ4n) is 3.30. The molecule has 6 nitrogen and oxygen atoms in total. The van der Waals surface area contributed by atoms with Gasteiger partial charge in [0.25, 0.3) is 0 Å². The lowest BCUT2D eigenvalue weighted by molar-refractivity contribution is -0.697. The highest BCUT2D eigenvalue weighted by Gasteiger charge is 2.04. The Morgan fingerprint density at radius 1 is 0.968 bits per heavy atom. The Hall–Kier alpha value is -2.98. The van der Waals surface area contributed by atoms with Gasteiger partial charge in [-0.05, 0) is 61.9 Å². The first-order valence-electron chi connectivity index (χ1n) is 11.3. The molecule has 0 radical (unpaired) electrons. The molecule has 6 heteroatoms. The molecule has 2 aromatic rings. The second kappa shape index (κ2) is 14.9. The third-order valence-corrected chi connectivity index (χ3v) is 5.11. The largest absolute Gasteiger partial charge is 0.449 e. The zero-order valence-electron chi connectivity index (χ0n) is 18.5. The first-order chi connectivity index (χ1) is 15.2. The summed E-state index contributed by atoms with van der Waals surface area (Å²) in [5.74, 6) is 0. The number of carbonyl (C=O) groups excluding carboxylic acids is 2. The Balaban J connectivity index is 1.51. The van der Waals surface area contributed by atoms with Crippen LogP contribution in [0.4, 0.5) is 16.2 Å². The van der Waals surface area contributed by atoms with Crippen LogP contribution >= 0.6 is 0 Å². The number of unbranched alkanes of at least 4 members (excludes halogenated alkanes) is 6. The first-order valence-corrected chi connectivity index (χ1v) is 11.3. The number of rotatable bonds is 14. The van der Waals surface area contributed by atoms with Crippen molar-refractivity contribution >= 4 is 23.5 Å². The molecule has 31 heavy (non-hydrogen) atoms. The maximum absolute atomic E-state index is 11.8. The average Bonchev–Trinajstić information content (AvgIpc) is 2.78. The van der Waals surface area contributed by atoms with Crippen molar-refractivity contribution in [2.75, 3.05) is 11.9 Å². The molecule has 2 rings (SSSR count). The molecule has 1 N–H and O–H groups in total. The maximum Gasteiger partial charge on any atom is 0.411 e. The standard InChI is InChI=1S/C25H33N3O3/c1-2-3-4-7-10-22-15-18-28(19-16-22)17-8-5-6-9-20-31-25(30)27-24-13-11-23(12-14-24)26-21-29/h11-16,18-19H,2-10,17,20H2,1H3/p+1. The van der Waals surface area contributed by atoms with Crippen LogP contribution in [0, 0.1) is 0 Å².